The van der Waals surface area contributed by atoms with Crippen molar-refractivity contribution >= 4 is 0 Å². The molecule has 4 aromatic carbocycles. The molecule has 5 rings (SSSR count). The van der Waals surface area contributed by atoms with Gasteiger partial charge >= 0.3 is 0 Å². The first-order valence-electron chi connectivity index (χ1n) is 15.0. The van der Waals surface area contributed by atoms with E-state index in [1.54, 1.807) is 6.92 Å². The van der Waals surface area contributed by atoms with Gasteiger partial charge in [-0.05, 0) is 34.7 Å². The van der Waals surface area contributed by atoms with Crippen molar-refractivity contribution in [1.29, 1.82) is 0 Å². The molecule has 1 fully saturated rings. The van der Waals surface area contributed by atoms with Crippen LogP contribution in [0.5, 0.6) is 0 Å². The van der Waals surface area contributed by atoms with E-state index in [9.17, 15) is 5.11 Å². The lowest BCUT2D eigenvalue weighted by atomic mass is 9.94. The number of benzene rings is 4. The van der Waals surface area contributed by atoms with Crippen LogP contribution in [-0.4, -0.2) is 42.2 Å². The summed E-state index contributed by atoms with van der Waals surface area (Å²) in [5.74, 6) is 6.26. The highest BCUT2D eigenvalue weighted by atomic mass is 16.6. The Balaban J connectivity index is 1.42. The summed E-state index contributed by atoms with van der Waals surface area (Å²) < 4.78 is 32.8. The Morgan fingerprint density at radius 2 is 1.07 bits per heavy atom. The monoisotopic (exact) mass is 592 g/mol. The second-order valence-corrected chi connectivity index (χ2v) is 10.7. The maximum atomic E-state index is 9.78. The van der Waals surface area contributed by atoms with E-state index in [4.69, 9.17) is 23.7 Å². The van der Waals surface area contributed by atoms with E-state index in [2.05, 4.69) is 11.8 Å². The van der Waals surface area contributed by atoms with Crippen LogP contribution in [0.4, 0.5) is 0 Å². The first-order chi connectivity index (χ1) is 21.7. The molecule has 0 aliphatic carbocycles. The predicted octanol–water partition coefficient (Wildman–Crippen LogP) is 6.24. The Morgan fingerprint density at radius 3 is 1.59 bits per heavy atom. The Bertz CT molecular complexity index is 1450. The first kappa shape index (κ1) is 31.6. The third-order valence-electron chi connectivity index (χ3n) is 7.60. The van der Waals surface area contributed by atoms with Crippen LogP contribution in [0.1, 0.15) is 34.7 Å². The van der Waals surface area contributed by atoms with Crippen molar-refractivity contribution in [2.45, 2.75) is 70.5 Å². The fourth-order valence-corrected chi connectivity index (χ4v) is 5.32. The number of aliphatic hydroxyl groups is 1. The lowest BCUT2D eigenvalue weighted by Crippen LogP contribution is -2.60. The summed E-state index contributed by atoms with van der Waals surface area (Å²) in [7, 11) is 0. The molecule has 228 valence electrons. The van der Waals surface area contributed by atoms with E-state index < -0.39 is 30.5 Å². The normalized spacial score (nSPS) is 21.4. The van der Waals surface area contributed by atoms with Gasteiger partial charge in [0.15, 0.2) is 0 Å². The summed E-state index contributed by atoms with van der Waals surface area (Å²) in [6, 6.07) is 37.9. The fourth-order valence-electron chi connectivity index (χ4n) is 5.32. The Labute approximate surface area is 260 Å². The number of hydrogen-bond donors (Lipinski definition) is 1. The van der Waals surface area contributed by atoms with Crippen LogP contribution in [0.15, 0.2) is 115 Å². The minimum atomic E-state index is -0.556. The molecule has 5 atom stereocenters. The molecule has 0 radical (unpaired) electrons. The quantitative estimate of drug-likeness (QED) is 0.175. The molecule has 0 saturated carbocycles. The van der Waals surface area contributed by atoms with Crippen LogP contribution in [0.2, 0.25) is 0 Å². The first-order valence-corrected chi connectivity index (χ1v) is 15.0. The minimum absolute atomic E-state index is 0.0493. The minimum Gasteiger partial charge on any atom is -0.392 e. The number of rotatable bonds is 14. The fraction of sp³-hybridized carbons (Fsp3) is 0.316. The topological polar surface area (TPSA) is 66.4 Å². The number of aliphatic hydroxyl groups excluding tert-OH is 1. The van der Waals surface area contributed by atoms with Gasteiger partial charge in [0.25, 0.3) is 0 Å². The van der Waals surface area contributed by atoms with Crippen LogP contribution < -0.4 is 0 Å². The molecule has 1 aliphatic heterocycles. The van der Waals surface area contributed by atoms with Crippen molar-refractivity contribution in [3.8, 4) is 11.8 Å². The van der Waals surface area contributed by atoms with E-state index in [0.29, 0.717) is 26.4 Å². The summed E-state index contributed by atoms with van der Waals surface area (Å²) in [6.45, 7) is 3.46. The van der Waals surface area contributed by atoms with Gasteiger partial charge in [-0.3, -0.25) is 0 Å². The van der Waals surface area contributed by atoms with Crippen LogP contribution >= 0.6 is 0 Å². The Morgan fingerprint density at radius 1 is 0.591 bits per heavy atom. The van der Waals surface area contributed by atoms with Crippen LogP contribution in [0.3, 0.4) is 0 Å². The van der Waals surface area contributed by atoms with Gasteiger partial charge in [-0.2, -0.15) is 0 Å². The summed E-state index contributed by atoms with van der Waals surface area (Å²) in [5, 5.41) is 9.78. The van der Waals surface area contributed by atoms with E-state index in [1.807, 2.05) is 115 Å². The largest absolute Gasteiger partial charge is 0.392 e. The molecule has 0 bridgehead atoms. The molecule has 1 heterocycles. The molecular weight excluding hydrogens is 552 g/mol. The molecule has 1 N–H and O–H groups in total. The zero-order valence-electron chi connectivity index (χ0n) is 25.1. The molecule has 4 aromatic rings. The van der Waals surface area contributed by atoms with Crippen molar-refractivity contribution in [2.24, 2.45) is 0 Å². The van der Waals surface area contributed by atoms with Gasteiger partial charge in [-0.1, -0.05) is 121 Å². The van der Waals surface area contributed by atoms with Gasteiger partial charge in [0.2, 0.25) is 0 Å². The molecule has 0 aromatic heterocycles. The highest BCUT2D eigenvalue weighted by molar-refractivity contribution is 5.25. The van der Waals surface area contributed by atoms with Gasteiger partial charge in [0, 0.05) is 0 Å². The third kappa shape index (κ3) is 8.87. The standard InChI is InChI=1S/C38H40O6/c1-2-14-34-36(41-24-29-15-6-3-7-16-29)38(43-26-31-19-10-5-11-20-31)37(42-25-30-17-8-4-9-18-30)35(44-34)28-40-27-33-22-13-12-21-32(33)23-39/h3-13,15-22,34-39H,23-28H2,1H3/t34-,35?,36?,37+,38?/m0/s1. The summed E-state index contributed by atoms with van der Waals surface area (Å²) >= 11 is 0. The van der Waals surface area contributed by atoms with Crippen LogP contribution in [0.25, 0.3) is 0 Å². The number of hydrogen-bond acceptors (Lipinski definition) is 6. The number of ether oxygens (including phenoxy) is 5. The van der Waals surface area contributed by atoms with Gasteiger partial charge in [0.05, 0.1) is 39.6 Å². The second kappa shape index (κ2) is 16.9. The highest BCUT2D eigenvalue weighted by Gasteiger charge is 2.48. The van der Waals surface area contributed by atoms with E-state index in [1.165, 1.54) is 0 Å². The highest BCUT2D eigenvalue weighted by Crippen LogP contribution is 2.31. The van der Waals surface area contributed by atoms with Crippen molar-refractivity contribution < 1.29 is 28.8 Å². The lowest BCUT2D eigenvalue weighted by Gasteiger charge is -2.45. The zero-order chi connectivity index (χ0) is 30.4. The van der Waals surface area contributed by atoms with Crippen LogP contribution in [-0.2, 0) is 56.7 Å². The molecule has 1 aliphatic rings. The van der Waals surface area contributed by atoms with Gasteiger partial charge < -0.3 is 28.8 Å². The molecule has 0 amide bonds. The maximum Gasteiger partial charge on any atom is 0.147 e. The average Bonchev–Trinajstić information content (AvgIpc) is 3.08. The molecule has 0 spiro atoms. The molecule has 3 unspecified atom stereocenters. The van der Waals surface area contributed by atoms with Crippen molar-refractivity contribution in [3.05, 3.63) is 143 Å². The summed E-state index contributed by atoms with van der Waals surface area (Å²) in [4.78, 5) is 0. The van der Waals surface area contributed by atoms with Crippen LogP contribution in [0, 0.1) is 11.8 Å². The maximum absolute atomic E-state index is 9.78. The third-order valence-corrected chi connectivity index (χ3v) is 7.60. The van der Waals surface area contributed by atoms with E-state index in [0.717, 1.165) is 27.8 Å². The average molecular weight is 593 g/mol. The summed E-state index contributed by atoms with van der Waals surface area (Å²) in [5.41, 5.74) is 4.91. The Kier molecular flexibility index (Phi) is 12.1. The molecule has 1 saturated heterocycles. The van der Waals surface area contributed by atoms with Gasteiger partial charge in [-0.25, -0.2) is 0 Å². The zero-order valence-corrected chi connectivity index (χ0v) is 25.1. The predicted molar refractivity (Wildman–Crippen MR) is 169 cm³/mol. The van der Waals surface area contributed by atoms with Crippen molar-refractivity contribution in [3.63, 3.8) is 0 Å². The SMILES string of the molecule is CC#C[C@@H]1OC(COCc2ccccc2CO)[C@@H](OCc2ccccc2)C(OCc2ccccc2)C1OCc1ccccc1. The van der Waals surface area contributed by atoms with Crippen molar-refractivity contribution in [1.82, 2.24) is 0 Å². The molecular formula is C38H40O6. The van der Waals surface area contributed by atoms with E-state index in [-0.39, 0.29) is 13.2 Å². The second-order valence-electron chi connectivity index (χ2n) is 10.7. The summed E-state index contributed by atoms with van der Waals surface area (Å²) in [6.07, 6.45) is -2.57. The van der Waals surface area contributed by atoms with Crippen molar-refractivity contribution in [2.75, 3.05) is 6.61 Å². The molecule has 44 heavy (non-hydrogen) atoms. The smallest absolute Gasteiger partial charge is 0.147 e. The van der Waals surface area contributed by atoms with Gasteiger partial charge in [-0.15, -0.1) is 5.92 Å². The molecule has 6 nitrogen and oxygen atoms in total. The van der Waals surface area contributed by atoms with Gasteiger partial charge in [0.1, 0.15) is 30.5 Å². The lowest BCUT2D eigenvalue weighted by molar-refractivity contribution is -0.261. The Hall–Kier alpha value is -3.80. The molecule has 6 heteroatoms. The van der Waals surface area contributed by atoms with E-state index >= 15 is 0 Å².